The predicted molar refractivity (Wildman–Crippen MR) is 113 cm³/mol. The molecule has 0 saturated carbocycles. The molecule has 0 aliphatic carbocycles. The Kier molecular flexibility index (Phi) is 6.18. The summed E-state index contributed by atoms with van der Waals surface area (Å²) >= 11 is 7.26. The lowest BCUT2D eigenvalue weighted by atomic mass is 9.95. The van der Waals surface area contributed by atoms with E-state index < -0.39 is 0 Å². The van der Waals surface area contributed by atoms with Crippen LogP contribution in [0.5, 0.6) is 0 Å². The molecule has 1 aliphatic heterocycles. The Morgan fingerprint density at radius 2 is 1.79 bits per heavy atom. The number of aromatic nitrogens is 2. The molecule has 1 N–H and O–H groups in total. The molecule has 3 aromatic rings. The molecule has 1 aliphatic rings. The van der Waals surface area contributed by atoms with Gasteiger partial charge in [-0.05, 0) is 55.8 Å². The van der Waals surface area contributed by atoms with Gasteiger partial charge in [0.05, 0.1) is 0 Å². The van der Waals surface area contributed by atoms with Gasteiger partial charge in [-0.25, -0.2) is 4.39 Å². The Hall–Kier alpha value is -2.35. The number of nitrogens with zero attached hydrogens (tertiary/aromatic N) is 3. The van der Waals surface area contributed by atoms with Crippen molar-refractivity contribution in [3.8, 4) is 10.6 Å². The highest BCUT2D eigenvalue weighted by molar-refractivity contribution is 7.18. The third-order valence-corrected chi connectivity index (χ3v) is 6.16. The minimum absolute atomic E-state index is 0.00904. The first-order valence-corrected chi connectivity index (χ1v) is 10.6. The fourth-order valence-electron chi connectivity index (χ4n) is 3.39. The number of rotatable bonds is 5. The summed E-state index contributed by atoms with van der Waals surface area (Å²) in [5, 5.41) is 13.1. The number of carbonyl (C=O) groups is 1. The van der Waals surface area contributed by atoms with E-state index >= 15 is 0 Å². The number of nitrogens with one attached hydrogen (secondary N) is 1. The molecule has 2 heterocycles. The van der Waals surface area contributed by atoms with Gasteiger partial charge in [0.15, 0.2) is 0 Å². The van der Waals surface area contributed by atoms with Gasteiger partial charge in [0, 0.05) is 23.0 Å². The normalized spacial score (nSPS) is 15.4. The van der Waals surface area contributed by atoms with Crippen molar-refractivity contribution in [2.75, 3.05) is 18.4 Å². The molecular weight excluding hydrogens is 411 g/mol. The number of carbonyl (C=O) groups excluding carboxylic acids is 1. The molecule has 4 rings (SSSR count). The van der Waals surface area contributed by atoms with Gasteiger partial charge in [-0.3, -0.25) is 9.69 Å². The van der Waals surface area contributed by atoms with Crippen LogP contribution < -0.4 is 5.32 Å². The van der Waals surface area contributed by atoms with Gasteiger partial charge in [0.25, 0.3) is 0 Å². The second-order valence-electron chi connectivity index (χ2n) is 7.09. The number of benzene rings is 2. The van der Waals surface area contributed by atoms with Gasteiger partial charge < -0.3 is 5.32 Å². The van der Waals surface area contributed by atoms with E-state index in [0.717, 1.165) is 48.6 Å². The molecule has 5 nitrogen and oxygen atoms in total. The first-order valence-electron chi connectivity index (χ1n) is 9.44. The van der Waals surface area contributed by atoms with E-state index in [-0.39, 0.29) is 17.6 Å². The van der Waals surface area contributed by atoms with Gasteiger partial charge in [-0.15, -0.1) is 10.2 Å². The number of likely N-dealkylation sites (tertiary alicyclic amines) is 1. The third-order valence-electron chi connectivity index (χ3n) is 5.02. The third kappa shape index (κ3) is 5.18. The van der Waals surface area contributed by atoms with E-state index in [9.17, 15) is 9.18 Å². The summed E-state index contributed by atoms with van der Waals surface area (Å²) in [6.45, 7) is 2.44. The molecule has 29 heavy (non-hydrogen) atoms. The average Bonchev–Trinajstić information content (AvgIpc) is 3.19. The smallest absolute Gasteiger partial charge is 0.229 e. The first kappa shape index (κ1) is 19.9. The maximum Gasteiger partial charge on any atom is 0.229 e. The Morgan fingerprint density at radius 3 is 2.48 bits per heavy atom. The molecule has 8 heteroatoms. The summed E-state index contributed by atoms with van der Waals surface area (Å²) in [6, 6.07) is 13.9. The lowest BCUT2D eigenvalue weighted by Gasteiger charge is -2.31. The van der Waals surface area contributed by atoms with Gasteiger partial charge >= 0.3 is 0 Å². The van der Waals surface area contributed by atoms with Gasteiger partial charge in [-0.1, -0.05) is 47.2 Å². The van der Waals surface area contributed by atoms with Crippen molar-refractivity contribution < 1.29 is 9.18 Å². The van der Waals surface area contributed by atoms with Crippen LogP contribution in [0.15, 0.2) is 48.5 Å². The van der Waals surface area contributed by atoms with Crippen molar-refractivity contribution in [1.82, 2.24) is 15.1 Å². The summed E-state index contributed by atoms with van der Waals surface area (Å²) < 4.78 is 13.0. The topological polar surface area (TPSA) is 58.1 Å². The zero-order chi connectivity index (χ0) is 20.2. The van der Waals surface area contributed by atoms with Crippen molar-refractivity contribution in [3.63, 3.8) is 0 Å². The Morgan fingerprint density at radius 1 is 1.10 bits per heavy atom. The summed E-state index contributed by atoms with van der Waals surface area (Å²) in [5.74, 6) is -0.271. The van der Waals surface area contributed by atoms with Crippen LogP contribution in [0.2, 0.25) is 5.02 Å². The minimum atomic E-state index is -0.222. The molecule has 1 amide bonds. The molecule has 0 radical (unpaired) electrons. The van der Waals surface area contributed by atoms with Crippen molar-refractivity contribution in [2.24, 2.45) is 5.92 Å². The number of halogens is 2. The standard InChI is InChI=1S/C21H20ClFN4OS/c22-17-5-3-16(4-6-17)20-25-26-21(29-20)24-19(28)15-9-11-27(12-10-15)13-14-1-7-18(23)8-2-14/h1-8,15H,9-13H2,(H,24,26,28). The SMILES string of the molecule is O=C(Nc1nnc(-c2ccc(Cl)cc2)s1)C1CCN(Cc2ccc(F)cc2)CC1. The largest absolute Gasteiger partial charge is 0.300 e. The Balaban J connectivity index is 1.29. The van der Waals surface area contributed by atoms with Crippen LogP contribution in [0.25, 0.3) is 10.6 Å². The lowest BCUT2D eigenvalue weighted by molar-refractivity contribution is -0.121. The Bertz CT molecular complexity index is 969. The van der Waals surface area contributed by atoms with Crippen LogP contribution in [0, 0.1) is 11.7 Å². The molecule has 150 valence electrons. The van der Waals surface area contributed by atoms with E-state index in [1.165, 1.54) is 23.5 Å². The molecule has 0 bridgehead atoms. The first-order chi connectivity index (χ1) is 14.1. The number of amides is 1. The molecule has 0 spiro atoms. The van der Waals surface area contributed by atoms with Crippen LogP contribution >= 0.6 is 22.9 Å². The maximum atomic E-state index is 13.0. The quantitative estimate of drug-likeness (QED) is 0.628. The van der Waals surface area contributed by atoms with Crippen LogP contribution in [0.3, 0.4) is 0 Å². The number of anilines is 1. The second kappa shape index (κ2) is 8.98. The van der Waals surface area contributed by atoms with Crippen molar-refractivity contribution in [2.45, 2.75) is 19.4 Å². The summed E-state index contributed by atoms with van der Waals surface area (Å²) in [6.07, 6.45) is 1.58. The van der Waals surface area contributed by atoms with Crippen LogP contribution in [-0.4, -0.2) is 34.1 Å². The van der Waals surface area contributed by atoms with Crippen LogP contribution in [0.4, 0.5) is 9.52 Å². The van der Waals surface area contributed by atoms with E-state index in [4.69, 9.17) is 11.6 Å². The summed E-state index contributed by atoms with van der Waals surface area (Å²) in [4.78, 5) is 14.9. The number of piperidine rings is 1. The zero-order valence-corrected chi connectivity index (χ0v) is 17.2. The predicted octanol–water partition coefficient (Wildman–Crippen LogP) is 4.85. The fourth-order valence-corrected chi connectivity index (χ4v) is 4.27. The van der Waals surface area contributed by atoms with E-state index in [2.05, 4.69) is 20.4 Å². The second-order valence-corrected chi connectivity index (χ2v) is 8.50. The summed E-state index contributed by atoms with van der Waals surface area (Å²) in [5.41, 5.74) is 2.00. The fraction of sp³-hybridized carbons (Fsp3) is 0.286. The molecule has 0 atom stereocenters. The molecule has 0 unspecified atom stereocenters. The zero-order valence-electron chi connectivity index (χ0n) is 15.6. The van der Waals surface area contributed by atoms with Gasteiger partial charge in [0.1, 0.15) is 10.8 Å². The highest BCUT2D eigenvalue weighted by Crippen LogP contribution is 2.28. The summed E-state index contributed by atoms with van der Waals surface area (Å²) in [7, 11) is 0. The minimum Gasteiger partial charge on any atom is -0.300 e. The molecule has 1 saturated heterocycles. The maximum absolute atomic E-state index is 13.0. The average molecular weight is 431 g/mol. The highest BCUT2D eigenvalue weighted by Gasteiger charge is 2.25. The monoisotopic (exact) mass is 430 g/mol. The lowest BCUT2D eigenvalue weighted by Crippen LogP contribution is -2.37. The highest BCUT2D eigenvalue weighted by atomic mass is 35.5. The number of hydrogen-bond acceptors (Lipinski definition) is 5. The van der Waals surface area contributed by atoms with Gasteiger partial charge in [0.2, 0.25) is 11.0 Å². The molecular formula is C21H20ClFN4OS. The van der Waals surface area contributed by atoms with Crippen LogP contribution in [-0.2, 0) is 11.3 Å². The van der Waals surface area contributed by atoms with Crippen molar-refractivity contribution in [3.05, 3.63) is 64.9 Å². The van der Waals surface area contributed by atoms with E-state index in [1.807, 2.05) is 24.3 Å². The van der Waals surface area contributed by atoms with Crippen molar-refractivity contribution in [1.29, 1.82) is 0 Å². The van der Waals surface area contributed by atoms with E-state index in [0.29, 0.717) is 10.2 Å². The number of hydrogen-bond donors (Lipinski definition) is 1. The Labute approximate surface area is 177 Å². The van der Waals surface area contributed by atoms with Crippen LogP contribution in [0.1, 0.15) is 18.4 Å². The molecule has 1 aromatic heterocycles. The van der Waals surface area contributed by atoms with Crippen molar-refractivity contribution >= 4 is 34.0 Å². The van der Waals surface area contributed by atoms with E-state index in [1.54, 1.807) is 12.1 Å². The molecule has 1 fully saturated rings. The van der Waals surface area contributed by atoms with Gasteiger partial charge in [-0.2, -0.15) is 0 Å². The molecule has 2 aromatic carbocycles.